The number of carbonyl (C=O) groups is 1. The van der Waals surface area contributed by atoms with Crippen LogP contribution in [-0.2, 0) is 0 Å². The van der Waals surface area contributed by atoms with E-state index in [1.807, 2.05) is 11.9 Å². The number of nitrogens with two attached hydrogens (primary N) is 2. The van der Waals surface area contributed by atoms with Gasteiger partial charge in [0.25, 0.3) is 5.91 Å². The summed E-state index contributed by atoms with van der Waals surface area (Å²) in [5, 5.41) is 0.121. The van der Waals surface area contributed by atoms with Crippen LogP contribution in [0.5, 0.6) is 0 Å². The maximum Gasteiger partial charge on any atom is 0.271 e. The number of carbonyl (C=O) groups excluding carboxylic acids is 1. The van der Waals surface area contributed by atoms with E-state index in [1.165, 1.54) is 0 Å². The van der Waals surface area contributed by atoms with E-state index in [1.54, 1.807) is 0 Å². The Hall–Kier alpha value is -1.56. The number of primary amides is 1. The Labute approximate surface area is 105 Å². The van der Waals surface area contributed by atoms with Gasteiger partial charge in [-0.05, 0) is 5.92 Å². The average Bonchev–Trinajstić information content (AvgIpc) is 2.19. The lowest BCUT2D eigenvalue weighted by Crippen LogP contribution is -2.26. The van der Waals surface area contributed by atoms with Gasteiger partial charge in [-0.3, -0.25) is 4.79 Å². The Balaban J connectivity index is 3.11. The van der Waals surface area contributed by atoms with Gasteiger partial charge in [0, 0.05) is 13.6 Å². The maximum absolute atomic E-state index is 11.0. The van der Waals surface area contributed by atoms with E-state index in [9.17, 15) is 4.79 Å². The van der Waals surface area contributed by atoms with Gasteiger partial charge in [0.2, 0.25) is 0 Å². The highest BCUT2D eigenvalue weighted by Gasteiger charge is 2.17. The van der Waals surface area contributed by atoms with E-state index in [0.29, 0.717) is 11.7 Å². The van der Waals surface area contributed by atoms with Gasteiger partial charge >= 0.3 is 0 Å². The molecule has 0 fully saturated rings. The lowest BCUT2D eigenvalue weighted by atomic mass is 10.2. The molecule has 1 aromatic rings. The fraction of sp³-hybridized carbons (Fsp3) is 0.500. The largest absolute Gasteiger partial charge is 0.382 e. The van der Waals surface area contributed by atoms with Crippen LogP contribution in [0.2, 0.25) is 5.15 Å². The van der Waals surface area contributed by atoms with Crippen molar-refractivity contribution in [1.29, 1.82) is 0 Å². The second kappa shape index (κ2) is 5.18. The molecule has 0 spiro atoms. The van der Waals surface area contributed by atoms with Gasteiger partial charge in [-0.1, -0.05) is 25.4 Å². The van der Waals surface area contributed by atoms with E-state index in [0.717, 1.165) is 6.54 Å². The Morgan fingerprint density at radius 3 is 2.53 bits per heavy atom. The zero-order valence-electron chi connectivity index (χ0n) is 10.1. The molecule has 1 rings (SSSR count). The van der Waals surface area contributed by atoms with Crippen molar-refractivity contribution in [1.82, 2.24) is 9.97 Å². The van der Waals surface area contributed by atoms with Crippen LogP contribution in [0.3, 0.4) is 0 Å². The number of amides is 1. The van der Waals surface area contributed by atoms with Crippen LogP contribution in [0, 0.1) is 5.92 Å². The third-order valence-electron chi connectivity index (χ3n) is 2.10. The molecule has 6 nitrogen and oxygen atoms in total. The van der Waals surface area contributed by atoms with Gasteiger partial charge < -0.3 is 16.4 Å². The van der Waals surface area contributed by atoms with E-state index < -0.39 is 5.91 Å². The molecule has 0 aliphatic heterocycles. The molecule has 0 aliphatic carbocycles. The molecule has 17 heavy (non-hydrogen) atoms. The Bertz CT molecular complexity index is 435. The summed E-state index contributed by atoms with van der Waals surface area (Å²) in [4.78, 5) is 20.8. The maximum atomic E-state index is 11.0. The molecule has 7 heteroatoms. The molecular weight excluding hydrogens is 242 g/mol. The summed E-state index contributed by atoms with van der Waals surface area (Å²) in [6, 6.07) is 0. The fourth-order valence-electron chi connectivity index (χ4n) is 1.48. The zero-order chi connectivity index (χ0) is 13.2. The summed E-state index contributed by atoms with van der Waals surface area (Å²) in [6.07, 6.45) is 0. The monoisotopic (exact) mass is 257 g/mol. The van der Waals surface area contributed by atoms with Crippen LogP contribution < -0.4 is 16.4 Å². The summed E-state index contributed by atoms with van der Waals surface area (Å²) in [7, 11) is 1.83. The third-order valence-corrected chi connectivity index (χ3v) is 2.35. The van der Waals surface area contributed by atoms with Crippen molar-refractivity contribution >= 4 is 29.1 Å². The molecule has 0 unspecified atom stereocenters. The normalized spacial score (nSPS) is 10.6. The van der Waals surface area contributed by atoms with Gasteiger partial charge in [-0.2, -0.15) is 0 Å². The second-order valence-corrected chi connectivity index (χ2v) is 4.57. The molecule has 1 aromatic heterocycles. The number of halogens is 1. The Kier molecular flexibility index (Phi) is 4.11. The third kappa shape index (κ3) is 3.20. The van der Waals surface area contributed by atoms with Gasteiger partial charge in [0.15, 0.2) is 22.5 Å². The topological polar surface area (TPSA) is 98.1 Å². The molecule has 1 amide bonds. The standard InChI is InChI=1S/C10H16ClN5O/c1-5(2)4-16(3)10-7(11)14-6(9(13)17)8(12)15-10/h5H,4H2,1-3H3,(H2,12,15)(H2,13,17). The molecule has 4 N–H and O–H groups in total. The van der Waals surface area contributed by atoms with Crippen LogP contribution in [-0.4, -0.2) is 29.5 Å². The quantitative estimate of drug-likeness (QED) is 0.835. The van der Waals surface area contributed by atoms with E-state index >= 15 is 0 Å². The van der Waals surface area contributed by atoms with Crippen LogP contribution in [0.1, 0.15) is 24.3 Å². The summed E-state index contributed by atoms with van der Waals surface area (Å²) < 4.78 is 0. The molecule has 0 saturated heterocycles. The highest BCUT2D eigenvalue weighted by molar-refractivity contribution is 6.32. The zero-order valence-corrected chi connectivity index (χ0v) is 10.8. The molecule has 0 aromatic carbocycles. The second-order valence-electron chi connectivity index (χ2n) is 4.21. The predicted octanol–water partition coefficient (Wildman–Crippen LogP) is 0.903. The number of nitrogen functional groups attached to an aromatic ring is 1. The molecule has 94 valence electrons. The first-order valence-electron chi connectivity index (χ1n) is 5.16. The van der Waals surface area contributed by atoms with Crippen LogP contribution in [0.25, 0.3) is 0 Å². The lowest BCUT2D eigenvalue weighted by Gasteiger charge is -2.21. The Morgan fingerprint density at radius 2 is 2.06 bits per heavy atom. The minimum atomic E-state index is -0.741. The first-order chi connectivity index (χ1) is 7.82. The fourth-order valence-corrected chi connectivity index (χ4v) is 1.75. The van der Waals surface area contributed by atoms with Gasteiger partial charge in [-0.15, -0.1) is 0 Å². The number of rotatable bonds is 4. The van der Waals surface area contributed by atoms with E-state index in [2.05, 4.69) is 23.8 Å². The minimum absolute atomic E-state index is 0.00694. The van der Waals surface area contributed by atoms with Crippen molar-refractivity contribution in [2.75, 3.05) is 24.2 Å². The van der Waals surface area contributed by atoms with Crippen LogP contribution in [0.15, 0.2) is 0 Å². The number of hydrogen-bond acceptors (Lipinski definition) is 5. The van der Waals surface area contributed by atoms with Crippen molar-refractivity contribution in [3.8, 4) is 0 Å². The van der Waals surface area contributed by atoms with Gasteiger partial charge in [-0.25, -0.2) is 9.97 Å². The highest BCUT2D eigenvalue weighted by Crippen LogP contribution is 2.23. The van der Waals surface area contributed by atoms with Crippen molar-refractivity contribution in [2.24, 2.45) is 11.7 Å². The van der Waals surface area contributed by atoms with Crippen molar-refractivity contribution in [3.05, 3.63) is 10.8 Å². The van der Waals surface area contributed by atoms with Crippen molar-refractivity contribution in [3.63, 3.8) is 0 Å². The molecular formula is C10H16ClN5O. The smallest absolute Gasteiger partial charge is 0.271 e. The molecule has 0 atom stereocenters. The summed E-state index contributed by atoms with van der Waals surface area (Å²) in [5.41, 5.74) is 10.6. The summed E-state index contributed by atoms with van der Waals surface area (Å²) in [6.45, 7) is 4.89. The minimum Gasteiger partial charge on any atom is -0.382 e. The average molecular weight is 258 g/mol. The van der Waals surface area contributed by atoms with E-state index in [4.69, 9.17) is 23.1 Å². The first kappa shape index (κ1) is 13.5. The SMILES string of the molecule is CC(C)CN(C)c1nc(N)c(C(N)=O)nc1Cl. The molecule has 0 radical (unpaired) electrons. The molecule has 1 heterocycles. The van der Waals surface area contributed by atoms with E-state index in [-0.39, 0.29) is 16.7 Å². The Morgan fingerprint density at radius 1 is 1.47 bits per heavy atom. The van der Waals surface area contributed by atoms with Crippen molar-refractivity contribution in [2.45, 2.75) is 13.8 Å². The highest BCUT2D eigenvalue weighted by atomic mass is 35.5. The van der Waals surface area contributed by atoms with Gasteiger partial charge in [0.05, 0.1) is 0 Å². The van der Waals surface area contributed by atoms with Crippen LogP contribution >= 0.6 is 11.6 Å². The number of aromatic nitrogens is 2. The lowest BCUT2D eigenvalue weighted by molar-refractivity contribution is 0.0996. The number of hydrogen-bond donors (Lipinski definition) is 2. The summed E-state index contributed by atoms with van der Waals surface area (Å²) >= 11 is 5.95. The molecule has 0 saturated carbocycles. The van der Waals surface area contributed by atoms with Crippen molar-refractivity contribution < 1.29 is 4.79 Å². The molecule has 0 bridgehead atoms. The van der Waals surface area contributed by atoms with Gasteiger partial charge in [0.1, 0.15) is 0 Å². The first-order valence-corrected chi connectivity index (χ1v) is 5.54. The molecule has 0 aliphatic rings. The van der Waals surface area contributed by atoms with Crippen LogP contribution in [0.4, 0.5) is 11.6 Å². The summed E-state index contributed by atoms with van der Waals surface area (Å²) in [5.74, 6) is 0.139. The predicted molar refractivity (Wildman–Crippen MR) is 68.1 cm³/mol. The number of nitrogens with zero attached hydrogens (tertiary/aromatic N) is 3. The number of anilines is 2.